The summed E-state index contributed by atoms with van der Waals surface area (Å²) in [6.45, 7) is 2.48. The number of carbonyl (C=O) groups is 1. The Balaban J connectivity index is 2.33. The average Bonchev–Trinajstić information content (AvgIpc) is 2.79. The quantitative estimate of drug-likeness (QED) is 0.487. The third-order valence-electron chi connectivity index (χ3n) is 3.72. The number of benzene rings is 1. The summed E-state index contributed by atoms with van der Waals surface area (Å²) < 4.78 is 0.675. The van der Waals surface area contributed by atoms with Gasteiger partial charge in [0.1, 0.15) is 0 Å². The van der Waals surface area contributed by atoms with Crippen molar-refractivity contribution in [3.05, 3.63) is 37.4 Å². The number of nitro benzene ring substituents is 1. The van der Waals surface area contributed by atoms with Crippen LogP contribution in [0.4, 0.5) is 5.69 Å². The first-order valence-electron chi connectivity index (χ1n) is 6.31. The molecule has 1 aliphatic rings. The second kappa shape index (κ2) is 6.04. The van der Waals surface area contributed by atoms with Gasteiger partial charge < -0.3 is 10.0 Å². The highest BCUT2D eigenvalue weighted by Crippen LogP contribution is 2.28. The van der Waals surface area contributed by atoms with Crippen molar-refractivity contribution >= 4 is 34.2 Å². The molecular formula is C13H15IN2O4. The molecule has 0 aliphatic carbocycles. The molecule has 1 aromatic rings. The van der Waals surface area contributed by atoms with Gasteiger partial charge in [-0.15, -0.1) is 0 Å². The number of aliphatic hydroxyl groups is 1. The fraction of sp³-hybridized carbons (Fsp3) is 0.462. The van der Waals surface area contributed by atoms with Gasteiger partial charge in [-0.1, -0.05) is 6.92 Å². The lowest BCUT2D eigenvalue weighted by Gasteiger charge is -2.25. The zero-order valence-electron chi connectivity index (χ0n) is 11.0. The Hall–Kier alpha value is -1.22. The van der Waals surface area contributed by atoms with Crippen LogP contribution in [0.3, 0.4) is 0 Å². The number of nitro groups is 1. The fourth-order valence-electron chi connectivity index (χ4n) is 2.48. The van der Waals surface area contributed by atoms with E-state index in [1.54, 1.807) is 11.0 Å². The van der Waals surface area contributed by atoms with Crippen LogP contribution in [0.2, 0.25) is 0 Å². The minimum absolute atomic E-state index is 0.0849. The first-order chi connectivity index (χ1) is 9.45. The van der Waals surface area contributed by atoms with Gasteiger partial charge in [0.2, 0.25) is 0 Å². The average molecular weight is 390 g/mol. The molecule has 6 nitrogen and oxygen atoms in total. The Morgan fingerprint density at radius 2 is 2.30 bits per heavy atom. The van der Waals surface area contributed by atoms with E-state index >= 15 is 0 Å². The van der Waals surface area contributed by atoms with Crippen LogP contribution in [0.15, 0.2) is 18.2 Å². The van der Waals surface area contributed by atoms with E-state index in [1.165, 1.54) is 12.1 Å². The molecule has 1 N–H and O–H groups in total. The maximum absolute atomic E-state index is 12.5. The normalized spacial score (nSPS) is 22.1. The highest BCUT2D eigenvalue weighted by Gasteiger charge is 2.35. The molecule has 2 unspecified atom stereocenters. The van der Waals surface area contributed by atoms with Crippen LogP contribution >= 0.6 is 22.6 Å². The molecule has 108 valence electrons. The SMILES string of the molecule is CC1CCN(C(=O)c2cc([N+](=O)[O-])ccc2I)C1CO. The van der Waals surface area contributed by atoms with E-state index in [0.29, 0.717) is 15.7 Å². The fourth-order valence-corrected chi connectivity index (χ4v) is 3.05. The number of nitrogens with zero attached hydrogens (tertiary/aromatic N) is 2. The van der Waals surface area contributed by atoms with Crippen molar-refractivity contribution in [2.24, 2.45) is 5.92 Å². The molecule has 2 rings (SSSR count). The molecular weight excluding hydrogens is 375 g/mol. The molecule has 1 fully saturated rings. The lowest BCUT2D eigenvalue weighted by molar-refractivity contribution is -0.384. The second-order valence-electron chi connectivity index (χ2n) is 4.94. The van der Waals surface area contributed by atoms with Crippen LogP contribution in [-0.4, -0.2) is 40.0 Å². The van der Waals surface area contributed by atoms with E-state index in [2.05, 4.69) is 0 Å². The predicted molar refractivity (Wildman–Crippen MR) is 81.5 cm³/mol. The number of aliphatic hydroxyl groups excluding tert-OH is 1. The van der Waals surface area contributed by atoms with Gasteiger partial charge in [0.25, 0.3) is 11.6 Å². The summed E-state index contributed by atoms with van der Waals surface area (Å²) in [4.78, 5) is 24.5. The molecule has 1 aliphatic heterocycles. The number of hydrogen-bond acceptors (Lipinski definition) is 4. The largest absolute Gasteiger partial charge is 0.394 e. The maximum Gasteiger partial charge on any atom is 0.270 e. The predicted octanol–water partition coefficient (Wildman–Crippen LogP) is 2.04. The second-order valence-corrected chi connectivity index (χ2v) is 6.10. The lowest BCUT2D eigenvalue weighted by Crippen LogP contribution is -2.40. The van der Waals surface area contributed by atoms with Gasteiger partial charge in [-0.05, 0) is 41.0 Å². The highest BCUT2D eigenvalue weighted by atomic mass is 127. The smallest absolute Gasteiger partial charge is 0.270 e. The summed E-state index contributed by atoms with van der Waals surface area (Å²) in [6, 6.07) is 4.05. The van der Waals surface area contributed by atoms with Crippen molar-refractivity contribution in [1.82, 2.24) is 4.90 Å². The van der Waals surface area contributed by atoms with E-state index in [1.807, 2.05) is 29.5 Å². The van der Waals surface area contributed by atoms with Crippen LogP contribution in [0.25, 0.3) is 0 Å². The minimum atomic E-state index is -0.511. The number of likely N-dealkylation sites (tertiary alicyclic amines) is 1. The monoisotopic (exact) mass is 390 g/mol. The Morgan fingerprint density at radius 1 is 1.60 bits per heavy atom. The molecule has 1 saturated heterocycles. The van der Waals surface area contributed by atoms with E-state index in [-0.39, 0.29) is 30.2 Å². The van der Waals surface area contributed by atoms with E-state index in [9.17, 15) is 20.0 Å². The van der Waals surface area contributed by atoms with Crippen LogP contribution in [0.1, 0.15) is 23.7 Å². The topological polar surface area (TPSA) is 83.7 Å². The standard InChI is InChI=1S/C13H15IN2O4/c1-8-4-5-15(12(8)7-17)13(18)10-6-9(16(19)20)2-3-11(10)14/h2-3,6,8,12,17H,4-5,7H2,1H3. The molecule has 0 aromatic heterocycles. The van der Waals surface area contributed by atoms with Crippen LogP contribution < -0.4 is 0 Å². The first kappa shape index (κ1) is 15.2. The van der Waals surface area contributed by atoms with Crippen molar-refractivity contribution in [3.8, 4) is 0 Å². The minimum Gasteiger partial charge on any atom is -0.394 e. The van der Waals surface area contributed by atoms with Gasteiger partial charge in [0.15, 0.2) is 0 Å². The Labute approximate surface area is 130 Å². The summed E-state index contributed by atoms with van der Waals surface area (Å²) in [5.41, 5.74) is 0.230. The van der Waals surface area contributed by atoms with Gasteiger partial charge in [-0.25, -0.2) is 0 Å². The third kappa shape index (κ3) is 2.78. The van der Waals surface area contributed by atoms with Gasteiger partial charge >= 0.3 is 0 Å². The molecule has 20 heavy (non-hydrogen) atoms. The summed E-state index contributed by atoms with van der Waals surface area (Å²) in [5, 5.41) is 20.2. The molecule has 0 radical (unpaired) electrons. The molecule has 0 saturated carbocycles. The molecule has 7 heteroatoms. The van der Waals surface area contributed by atoms with Crippen molar-refractivity contribution in [2.45, 2.75) is 19.4 Å². The molecule has 1 aromatic carbocycles. The Bertz CT molecular complexity index is 549. The van der Waals surface area contributed by atoms with Crippen molar-refractivity contribution in [3.63, 3.8) is 0 Å². The molecule has 0 spiro atoms. The summed E-state index contributed by atoms with van der Waals surface area (Å²) in [6.07, 6.45) is 0.836. The number of rotatable bonds is 3. The van der Waals surface area contributed by atoms with E-state index < -0.39 is 4.92 Å². The highest BCUT2D eigenvalue weighted by molar-refractivity contribution is 14.1. The zero-order chi connectivity index (χ0) is 14.9. The van der Waals surface area contributed by atoms with Crippen molar-refractivity contribution in [2.75, 3.05) is 13.2 Å². The number of non-ortho nitro benzene ring substituents is 1. The summed E-state index contributed by atoms with van der Waals surface area (Å²) in [7, 11) is 0. The van der Waals surface area contributed by atoms with E-state index in [4.69, 9.17) is 0 Å². The Morgan fingerprint density at radius 3 is 2.90 bits per heavy atom. The molecule has 0 bridgehead atoms. The van der Waals surface area contributed by atoms with Crippen molar-refractivity contribution in [1.29, 1.82) is 0 Å². The molecule has 1 heterocycles. The number of carbonyl (C=O) groups excluding carboxylic acids is 1. The third-order valence-corrected chi connectivity index (χ3v) is 4.66. The maximum atomic E-state index is 12.5. The summed E-state index contributed by atoms with van der Waals surface area (Å²) in [5.74, 6) is -0.0122. The van der Waals surface area contributed by atoms with Crippen LogP contribution in [0, 0.1) is 19.6 Å². The molecule has 1 amide bonds. The Kier molecular flexibility index (Phi) is 4.59. The molecule has 2 atom stereocenters. The van der Waals surface area contributed by atoms with Gasteiger partial charge in [0, 0.05) is 22.2 Å². The number of hydrogen-bond donors (Lipinski definition) is 1. The van der Waals surface area contributed by atoms with Crippen molar-refractivity contribution < 1.29 is 14.8 Å². The number of amides is 1. The number of halogens is 1. The van der Waals surface area contributed by atoms with E-state index in [0.717, 1.165) is 6.42 Å². The van der Waals surface area contributed by atoms with Crippen LogP contribution in [0.5, 0.6) is 0 Å². The van der Waals surface area contributed by atoms with Gasteiger partial charge in [-0.3, -0.25) is 14.9 Å². The zero-order valence-corrected chi connectivity index (χ0v) is 13.1. The van der Waals surface area contributed by atoms with Crippen LogP contribution in [-0.2, 0) is 0 Å². The lowest BCUT2D eigenvalue weighted by atomic mass is 10.0. The van der Waals surface area contributed by atoms with Gasteiger partial charge in [-0.2, -0.15) is 0 Å². The first-order valence-corrected chi connectivity index (χ1v) is 7.39. The summed E-state index contributed by atoms with van der Waals surface area (Å²) >= 11 is 1.99. The van der Waals surface area contributed by atoms with Gasteiger partial charge in [0.05, 0.1) is 23.1 Å².